The van der Waals surface area contributed by atoms with Gasteiger partial charge in [0.1, 0.15) is 5.76 Å². The Morgan fingerprint density at radius 2 is 2.28 bits per heavy atom. The third-order valence-corrected chi connectivity index (χ3v) is 3.58. The number of nitrogens with two attached hydrogens (primary N) is 1. The number of aromatic nitrogens is 2. The van der Waals surface area contributed by atoms with Crippen molar-refractivity contribution in [2.24, 2.45) is 5.73 Å². The maximum atomic E-state index is 6.15. The highest BCUT2D eigenvalue weighted by Gasteiger charge is 2.18. The van der Waals surface area contributed by atoms with Gasteiger partial charge in [-0.15, -0.1) is 0 Å². The van der Waals surface area contributed by atoms with Crippen LogP contribution in [0.5, 0.6) is 0 Å². The number of aryl methyl sites for hydroxylation is 2. The van der Waals surface area contributed by atoms with E-state index in [4.69, 9.17) is 10.2 Å². The zero-order valence-corrected chi connectivity index (χ0v) is 10.5. The molecule has 0 spiro atoms. The van der Waals surface area contributed by atoms with Gasteiger partial charge in [-0.25, -0.2) is 9.97 Å². The van der Waals surface area contributed by atoms with E-state index in [1.807, 2.05) is 19.2 Å². The number of fused-ring (bicyclic) bond motifs is 1. The molecule has 2 aromatic rings. The summed E-state index contributed by atoms with van der Waals surface area (Å²) in [5.74, 6) is 1.60. The van der Waals surface area contributed by atoms with Crippen LogP contribution in [-0.4, -0.2) is 9.97 Å². The Bertz CT molecular complexity index is 562. The Balaban J connectivity index is 2.05. The molecule has 0 aliphatic heterocycles. The van der Waals surface area contributed by atoms with Gasteiger partial charge in [-0.1, -0.05) is 6.42 Å². The van der Waals surface area contributed by atoms with E-state index in [-0.39, 0.29) is 6.04 Å². The van der Waals surface area contributed by atoms with Crippen LogP contribution in [0.3, 0.4) is 0 Å². The fourth-order valence-corrected chi connectivity index (χ4v) is 2.50. The predicted molar refractivity (Wildman–Crippen MR) is 69.0 cm³/mol. The summed E-state index contributed by atoms with van der Waals surface area (Å²) in [6.45, 7) is 1.93. The van der Waals surface area contributed by atoms with E-state index >= 15 is 0 Å². The van der Waals surface area contributed by atoms with E-state index in [1.165, 1.54) is 0 Å². The second kappa shape index (κ2) is 4.53. The first-order chi connectivity index (χ1) is 8.75. The molecule has 0 bridgehead atoms. The van der Waals surface area contributed by atoms with Gasteiger partial charge in [0.2, 0.25) is 0 Å². The monoisotopic (exact) mass is 243 g/mol. The summed E-state index contributed by atoms with van der Waals surface area (Å²) in [4.78, 5) is 9.11. The van der Waals surface area contributed by atoms with Gasteiger partial charge in [-0.3, -0.25) is 0 Å². The van der Waals surface area contributed by atoms with Crippen LogP contribution in [0, 0.1) is 6.92 Å². The summed E-state index contributed by atoms with van der Waals surface area (Å²) in [5, 5.41) is 0. The topological polar surface area (TPSA) is 64.9 Å². The lowest BCUT2D eigenvalue weighted by molar-refractivity contribution is 0.535. The number of nitrogens with zero attached hydrogens (tertiary/aromatic N) is 2. The van der Waals surface area contributed by atoms with Crippen LogP contribution < -0.4 is 5.73 Å². The number of hydrogen-bond acceptors (Lipinski definition) is 4. The molecule has 1 aliphatic carbocycles. The minimum Gasteiger partial charge on any atom is -0.469 e. The van der Waals surface area contributed by atoms with Crippen LogP contribution >= 0.6 is 0 Å². The molecule has 0 fully saturated rings. The zero-order chi connectivity index (χ0) is 12.5. The molecular weight excluding hydrogens is 226 g/mol. The summed E-state index contributed by atoms with van der Waals surface area (Å²) in [6, 6.07) is 2.00. The lowest BCUT2D eigenvalue weighted by Gasteiger charge is -2.11. The van der Waals surface area contributed by atoms with Crippen molar-refractivity contribution in [3.8, 4) is 11.4 Å². The predicted octanol–water partition coefficient (Wildman–Crippen LogP) is 2.77. The van der Waals surface area contributed by atoms with Crippen molar-refractivity contribution in [3.05, 3.63) is 35.5 Å². The largest absolute Gasteiger partial charge is 0.469 e. The summed E-state index contributed by atoms with van der Waals surface area (Å²) >= 11 is 0. The van der Waals surface area contributed by atoms with Gasteiger partial charge in [0.25, 0.3) is 0 Å². The molecular formula is C14H17N3O. The Morgan fingerprint density at radius 1 is 1.39 bits per heavy atom. The van der Waals surface area contributed by atoms with E-state index in [0.717, 1.165) is 54.1 Å². The van der Waals surface area contributed by atoms with Gasteiger partial charge in [-0.2, -0.15) is 0 Å². The quantitative estimate of drug-likeness (QED) is 0.782. The van der Waals surface area contributed by atoms with Crippen LogP contribution in [0.15, 0.2) is 22.9 Å². The van der Waals surface area contributed by atoms with Crippen molar-refractivity contribution in [1.82, 2.24) is 9.97 Å². The van der Waals surface area contributed by atoms with E-state index in [0.29, 0.717) is 0 Å². The molecule has 18 heavy (non-hydrogen) atoms. The summed E-state index contributed by atoms with van der Waals surface area (Å²) in [7, 11) is 0. The van der Waals surface area contributed by atoms with Crippen molar-refractivity contribution in [3.63, 3.8) is 0 Å². The Kier molecular flexibility index (Phi) is 2.88. The molecule has 2 aromatic heterocycles. The maximum Gasteiger partial charge on any atom is 0.162 e. The molecule has 1 atom stereocenters. The van der Waals surface area contributed by atoms with E-state index in [2.05, 4.69) is 9.97 Å². The van der Waals surface area contributed by atoms with Gasteiger partial charge < -0.3 is 10.2 Å². The highest BCUT2D eigenvalue weighted by Crippen LogP contribution is 2.28. The lowest BCUT2D eigenvalue weighted by atomic mass is 10.1. The van der Waals surface area contributed by atoms with Crippen molar-refractivity contribution < 1.29 is 4.42 Å². The lowest BCUT2D eigenvalue weighted by Crippen LogP contribution is -2.12. The number of hydrogen-bond donors (Lipinski definition) is 1. The molecule has 0 radical (unpaired) electrons. The van der Waals surface area contributed by atoms with Crippen LogP contribution in [0.1, 0.15) is 42.3 Å². The van der Waals surface area contributed by atoms with Gasteiger partial charge in [0.15, 0.2) is 5.82 Å². The second-order valence-corrected chi connectivity index (χ2v) is 4.84. The average Bonchev–Trinajstić information content (AvgIpc) is 2.71. The average molecular weight is 243 g/mol. The third kappa shape index (κ3) is 1.93. The molecule has 4 nitrogen and oxygen atoms in total. The van der Waals surface area contributed by atoms with E-state index in [1.54, 1.807) is 6.26 Å². The van der Waals surface area contributed by atoms with Crippen LogP contribution in [-0.2, 0) is 6.42 Å². The summed E-state index contributed by atoms with van der Waals surface area (Å²) < 4.78 is 5.30. The first kappa shape index (κ1) is 11.4. The van der Waals surface area contributed by atoms with Crippen molar-refractivity contribution in [2.45, 2.75) is 38.6 Å². The third-order valence-electron chi connectivity index (χ3n) is 3.58. The molecule has 1 unspecified atom stereocenters. The molecule has 1 aliphatic rings. The number of furan rings is 1. The molecule has 0 saturated heterocycles. The Labute approximate surface area is 106 Å². The normalized spacial score (nSPS) is 19.3. The standard InChI is InChI=1S/C14H17N3O/c1-9-10(6-7-18-9)14-16-8-11-12(15)4-2-3-5-13(11)17-14/h6-8,12H,2-5,15H2,1H3. The van der Waals surface area contributed by atoms with Gasteiger partial charge >= 0.3 is 0 Å². The van der Waals surface area contributed by atoms with Crippen molar-refractivity contribution in [1.29, 1.82) is 0 Å². The number of rotatable bonds is 1. The van der Waals surface area contributed by atoms with Crippen molar-refractivity contribution in [2.75, 3.05) is 0 Å². The Hall–Kier alpha value is -1.68. The van der Waals surface area contributed by atoms with Crippen molar-refractivity contribution >= 4 is 0 Å². The first-order valence-electron chi connectivity index (χ1n) is 6.41. The smallest absolute Gasteiger partial charge is 0.162 e. The van der Waals surface area contributed by atoms with E-state index < -0.39 is 0 Å². The SMILES string of the molecule is Cc1occc1-c1ncc2c(n1)CCCCC2N. The molecule has 94 valence electrons. The Morgan fingerprint density at radius 3 is 3.06 bits per heavy atom. The highest BCUT2D eigenvalue weighted by atomic mass is 16.3. The zero-order valence-electron chi connectivity index (χ0n) is 10.5. The first-order valence-corrected chi connectivity index (χ1v) is 6.41. The molecule has 0 amide bonds. The molecule has 2 heterocycles. The van der Waals surface area contributed by atoms with Crippen LogP contribution in [0.2, 0.25) is 0 Å². The van der Waals surface area contributed by atoms with Crippen LogP contribution in [0.4, 0.5) is 0 Å². The fourth-order valence-electron chi connectivity index (χ4n) is 2.50. The maximum absolute atomic E-state index is 6.15. The fraction of sp³-hybridized carbons (Fsp3) is 0.429. The minimum absolute atomic E-state index is 0.0852. The summed E-state index contributed by atoms with van der Waals surface area (Å²) in [6.07, 6.45) is 7.90. The van der Waals surface area contributed by atoms with E-state index in [9.17, 15) is 0 Å². The summed E-state index contributed by atoms with van der Waals surface area (Å²) in [5.41, 5.74) is 9.33. The molecule has 0 saturated carbocycles. The van der Waals surface area contributed by atoms with Gasteiger partial charge in [0, 0.05) is 23.5 Å². The van der Waals surface area contributed by atoms with Crippen LogP contribution in [0.25, 0.3) is 11.4 Å². The van der Waals surface area contributed by atoms with Gasteiger partial charge in [-0.05, 0) is 32.3 Å². The second-order valence-electron chi connectivity index (χ2n) is 4.84. The molecule has 0 aromatic carbocycles. The minimum atomic E-state index is 0.0852. The molecule has 4 heteroatoms. The van der Waals surface area contributed by atoms with Gasteiger partial charge in [0.05, 0.1) is 11.8 Å². The molecule has 3 rings (SSSR count). The molecule has 2 N–H and O–H groups in total. The highest BCUT2D eigenvalue weighted by molar-refractivity contribution is 5.57.